The van der Waals surface area contributed by atoms with E-state index in [2.05, 4.69) is 40.3 Å². The molecule has 0 radical (unpaired) electrons. The topological polar surface area (TPSA) is 46.2 Å². The Morgan fingerprint density at radius 1 is 1.00 bits per heavy atom. The Hall–Kier alpha value is -1.94. The van der Waals surface area contributed by atoms with E-state index in [1.54, 1.807) is 12.1 Å². The number of nitrogens with one attached hydrogen (secondary N) is 1. The van der Waals surface area contributed by atoms with E-state index in [4.69, 9.17) is 0 Å². The fourth-order valence-electron chi connectivity index (χ4n) is 2.56. The van der Waals surface area contributed by atoms with Gasteiger partial charge in [0.05, 0.1) is 0 Å². The molecule has 0 aromatic heterocycles. The number of ketones is 1. The van der Waals surface area contributed by atoms with Crippen LogP contribution in [0.1, 0.15) is 48.0 Å². The maximum absolute atomic E-state index is 12.1. The highest BCUT2D eigenvalue weighted by atomic mass is 79.9. The fraction of sp³-hybridized carbons (Fsp3) is 0.300. The van der Waals surface area contributed by atoms with Crippen LogP contribution >= 0.6 is 15.9 Å². The summed E-state index contributed by atoms with van der Waals surface area (Å²) in [7, 11) is 0. The van der Waals surface area contributed by atoms with Crippen molar-refractivity contribution >= 4 is 27.6 Å². The Morgan fingerprint density at radius 3 is 2.29 bits per heavy atom. The zero-order valence-electron chi connectivity index (χ0n) is 13.8. The lowest BCUT2D eigenvalue weighted by Gasteiger charge is -2.16. The first-order valence-corrected chi connectivity index (χ1v) is 9.00. The Kier molecular flexibility index (Phi) is 7.19. The summed E-state index contributed by atoms with van der Waals surface area (Å²) in [6, 6.07) is 17.4. The van der Waals surface area contributed by atoms with Gasteiger partial charge in [-0.2, -0.15) is 0 Å². The quantitative estimate of drug-likeness (QED) is 0.665. The SMILES string of the molecule is CCC(CNC(=O)CCC(=O)c1ccc(Br)cc1)c1ccccc1. The summed E-state index contributed by atoms with van der Waals surface area (Å²) >= 11 is 3.34. The van der Waals surface area contributed by atoms with Crippen molar-refractivity contribution in [1.82, 2.24) is 5.32 Å². The maximum Gasteiger partial charge on any atom is 0.220 e. The molecule has 24 heavy (non-hydrogen) atoms. The van der Waals surface area contributed by atoms with Gasteiger partial charge in [0, 0.05) is 35.3 Å². The lowest BCUT2D eigenvalue weighted by Crippen LogP contribution is -2.28. The number of carbonyl (C=O) groups is 2. The first-order valence-electron chi connectivity index (χ1n) is 8.20. The molecule has 1 unspecified atom stereocenters. The predicted molar refractivity (Wildman–Crippen MR) is 100 cm³/mol. The van der Waals surface area contributed by atoms with Crippen LogP contribution in [0.3, 0.4) is 0 Å². The molecule has 0 fully saturated rings. The summed E-state index contributed by atoms with van der Waals surface area (Å²) in [4.78, 5) is 24.1. The number of halogens is 1. The largest absolute Gasteiger partial charge is 0.355 e. The number of rotatable bonds is 8. The molecule has 4 heteroatoms. The molecule has 1 amide bonds. The Bertz CT molecular complexity index is 668. The lowest BCUT2D eigenvalue weighted by molar-refractivity contribution is -0.121. The van der Waals surface area contributed by atoms with Gasteiger partial charge in [0.15, 0.2) is 5.78 Å². The molecule has 3 nitrogen and oxygen atoms in total. The first-order chi connectivity index (χ1) is 11.6. The van der Waals surface area contributed by atoms with Crippen molar-refractivity contribution in [3.63, 3.8) is 0 Å². The number of Topliss-reactive ketones (excluding diaryl/α,β-unsaturated/α-hetero) is 1. The van der Waals surface area contributed by atoms with Gasteiger partial charge in [0.2, 0.25) is 5.91 Å². The lowest BCUT2D eigenvalue weighted by atomic mass is 9.96. The van der Waals surface area contributed by atoms with E-state index in [1.807, 2.05) is 30.3 Å². The number of amides is 1. The molecule has 0 aliphatic rings. The molecule has 126 valence electrons. The van der Waals surface area contributed by atoms with Gasteiger partial charge < -0.3 is 5.32 Å². The van der Waals surface area contributed by atoms with Crippen LogP contribution in [0.25, 0.3) is 0 Å². The second-order valence-corrected chi connectivity index (χ2v) is 6.67. The van der Waals surface area contributed by atoms with Crippen molar-refractivity contribution in [2.45, 2.75) is 32.1 Å². The summed E-state index contributed by atoms with van der Waals surface area (Å²) < 4.78 is 0.934. The average Bonchev–Trinajstić information content (AvgIpc) is 2.61. The summed E-state index contributed by atoms with van der Waals surface area (Å²) in [5.74, 6) is 0.222. The molecule has 2 rings (SSSR count). The number of benzene rings is 2. The molecule has 0 saturated carbocycles. The van der Waals surface area contributed by atoms with Gasteiger partial charge in [0.1, 0.15) is 0 Å². The summed E-state index contributed by atoms with van der Waals surface area (Å²) in [5, 5.41) is 2.95. The average molecular weight is 388 g/mol. The molecule has 0 aliphatic heterocycles. The van der Waals surface area contributed by atoms with Gasteiger partial charge >= 0.3 is 0 Å². The van der Waals surface area contributed by atoms with Crippen LogP contribution < -0.4 is 5.32 Å². The smallest absolute Gasteiger partial charge is 0.220 e. The van der Waals surface area contributed by atoms with E-state index >= 15 is 0 Å². The molecular weight excluding hydrogens is 366 g/mol. The van der Waals surface area contributed by atoms with E-state index < -0.39 is 0 Å². The molecule has 0 bridgehead atoms. The number of hydrogen-bond donors (Lipinski definition) is 1. The van der Waals surface area contributed by atoms with Gasteiger partial charge in [-0.3, -0.25) is 9.59 Å². The van der Waals surface area contributed by atoms with Crippen LogP contribution in [0.5, 0.6) is 0 Å². The molecule has 0 heterocycles. The molecule has 0 saturated heterocycles. The third kappa shape index (κ3) is 5.60. The van der Waals surface area contributed by atoms with Crippen LogP contribution in [0, 0.1) is 0 Å². The third-order valence-electron chi connectivity index (χ3n) is 4.05. The van der Waals surface area contributed by atoms with Gasteiger partial charge in [-0.15, -0.1) is 0 Å². The minimum atomic E-state index is -0.0742. The molecule has 2 aromatic rings. The second-order valence-electron chi connectivity index (χ2n) is 5.75. The van der Waals surface area contributed by atoms with Crippen LogP contribution in [0.15, 0.2) is 59.1 Å². The molecule has 1 atom stereocenters. The second kappa shape index (κ2) is 9.38. The predicted octanol–water partition coefficient (Wildman–Crippen LogP) is 4.72. The summed E-state index contributed by atoms with van der Waals surface area (Å²) in [6.07, 6.45) is 1.41. The van der Waals surface area contributed by atoms with Crippen molar-refractivity contribution in [3.05, 3.63) is 70.2 Å². The van der Waals surface area contributed by atoms with Crippen LogP contribution in [0.4, 0.5) is 0 Å². The zero-order valence-corrected chi connectivity index (χ0v) is 15.4. The number of hydrogen-bond acceptors (Lipinski definition) is 2. The third-order valence-corrected chi connectivity index (χ3v) is 4.58. The zero-order chi connectivity index (χ0) is 17.4. The molecule has 0 spiro atoms. The minimum Gasteiger partial charge on any atom is -0.355 e. The van der Waals surface area contributed by atoms with Gasteiger partial charge in [0.25, 0.3) is 0 Å². The van der Waals surface area contributed by atoms with E-state index in [0.29, 0.717) is 18.0 Å². The standard InChI is InChI=1S/C20H22BrNO2/c1-2-15(16-6-4-3-5-7-16)14-22-20(24)13-12-19(23)17-8-10-18(21)11-9-17/h3-11,15H,2,12-14H2,1H3,(H,22,24). The highest BCUT2D eigenvalue weighted by Crippen LogP contribution is 2.18. The van der Waals surface area contributed by atoms with Gasteiger partial charge in [-0.1, -0.05) is 65.3 Å². The fourth-order valence-corrected chi connectivity index (χ4v) is 2.82. The van der Waals surface area contributed by atoms with E-state index in [0.717, 1.165) is 10.9 Å². The van der Waals surface area contributed by atoms with Crippen molar-refractivity contribution in [2.75, 3.05) is 6.54 Å². The van der Waals surface area contributed by atoms with Crippen LogP contribution in [-0.2, 0) is 4.79 Å². The van der Waals surface area contributed by atoms with Crippen molar-refractivity contribution in [1.29, 1.82) is 0 Å². The number of carbonyl (C=O) groups excluding carboxylic acids is 2. The Balaban J connectivity index is 1.78. The first kappa shape index (κ1) is 18.4. The van der Waals surface area contributed by atoms with Gasteiger partial charge in [-0.05, 0) is 24.1 Å². The Labute approximate surface area is 151 Å². The molecule has 0 aliphatic carbocycles. The van der Waals surface area contributed by atoms with E-state index in [9.17, 15) is 9.59 Å². The van der Waals surface area contributed by atoms with Crippen molar-refractivity contribution in [2.24, 2.45) is 0 Å². The van der Waals surface area contributed by atoms with E-state index in [1.165, 1.54) is 5.56 Å². The molecule has 2 aromatic carbocycles. The van der Waals surface area contributed by atoms with Crippen LogP contribution in [-0.4, -0.2) is 18.2 Å². The van der Waals surface area contributed by atoms with Crippen molar-refractivity contribution < 1.29 is 9.59 Å². The molecular formula is C20H22BrNO2. The molecule has 1 N–H and O–H groups in total. The highest BCUT2D eigenvalue weighted by Gasteiger charge is 2.12. The summed E-state index contributed by atoms with van der Waals surface area (Å²) in [5.41, 5.74) is 1.87. The minimum absolute atomic E-state index is 0.00671. The van der Waals surface area contributed by atoms with Gasteiger partial charge in [-0.25, -0.2) is 0 Å². The van der Waals surface area contributed by atoms with Crippen LogP contribution in [0.2, 0.25) is 0 Å². The normalized spacial score (nSPS) is 11.8. The highest BCUT2D eigenvalue weighted by molar-refractivity contribution is 9.10. The maximum atomic E-state index is 12.1. The monoisotopic (exact) mass is 387 g/mol. The Morgan fingerprint density at radius 2 is 1.67 bits per heavy atom. The summed E-state index contributed by atoms with van der Waals surface area (Å²) in [6.45, 7) is 2.71. The van der Waals surface area contributed by atoms with Crippen molar-refractivity contribution in [3.8, 4) is 0 Å². The van der Waals surface area contributed by atoms with E-state index in [-0.39, 0.29) is 24.5 Å².